The molecule has 0 aliphatic carbocycles. The molecule has 1 aromatic carbocycles. The van der Waals surface area contributed by atoms with Crippen molar-refractivity contribution in [1.82, 2.24) is 10.2 Å². The number of carbonyl (C=O) groups is 2. The maximum Gasteiger partial charge on any atom is 0.322 e. The van der Waals surface area contributed by atoms with Gasteiger partial charge in [0.25, 0.3) is 0 Å². The van der Waals surface area contributed by atoms with Crippen LogP contribution in [0.15, 0.2) is 24.3 Å². The number of benzene rings is 1. The van der Waals surface area contributed by atoms with Crippen LogP contribution in [0.4, 0.5) is 10.5 Å². The summed E-state index contributed by atoms with van der Waals surface area (Å²) in [6.45, 7) is 4.26. The minimum atomic E-state index is -0.435. The van der Waals surface area contributed by atoms with Gasteiger partial charge in [-0.25, -0.2) is 4.79 Å². The molecule has 7 nitrogen and oxygen atoms in total. The van der Waals surface area contributed by atoms with Crippen LogP contribution in [0.25, 0.3) is 0 Å². The zero-order valence-electron chi connectivity index (χ0n) is 15.2. The summed E-state index contributed by atoms with van der Waals surface area (Å²) in [5, 5.41) is 5.81. The third-order valence-electron chi connectivity index (χ3n) is 4.77. The molecule has 26 heavy (non-hydrogen) atoms. The van der Waals surface area contributed by atoms with Crippen molar-refractivity contribution in [3.8, 4) is 5.75 Å². The van der Waals surface area contributed by atoms with E-state index in [1.54, 1.807) is 11.0 Å². The Balaban J connectivity index is 1.58. The maximum absolute atomic E-state index is 12.7. The van der Waals surface area contributed by atoms with Gasteiger partial charge in [0, 0.05) is 19.7 Å². The van der Waals surface area contributed by atoms with E-state index in [0.29, 0.717) is 37.6 Å². The van der Waals surface area contributed by atoms with E-state index < -0.39 is 6.04 Å². The summed E-state index contributed by atoms with van der Waals surface area (Å²) >= 11 is 0. The monoisotopic (exact) mass is 361 g/mol. The molecule has 0 bridgehead atoms. The number of hydrogen-bond donors (Lipinski definition) is 2. The summed E-state index contributed by atoms with van der Waals surface area (Å²) in [6, 6.07) is 6.61. The number of likely N-dealkylation sites (tertiary alicyclic amines) is 1. The van der Waals surface area contributed by atoms with Gasteiger partial charge in [0.05, 0.1) is 18.4 Å². The number of rotatable bonds is 6. The van der Waals surface area contributed by atoms with Crippen LogP contribution in [0.3, 0.4) is 0 Å². The summed E-state index contributed by atoms with van der Waals surface area (Å²) in [5.74, 6) is 0.521. The Morgan fingerprint density at radius 2 is 2.12 bits per heavy atom. The Morgan fingerprint density at radius 3 is 2.88 bits per heavy atom. The van der Waals surface area contributed by atoms with Crippen molar-refractivity contribution in [3.63, 3.8) is 0 Å². The van der Waals surface area contributed by atoms with E-state index in [1.165, 1.54) is 0 Å². The van der Waals surface area contributed by atoms with Crippen LogP contribution in [0, 0.1) is 0 Å². The second-order valence-electron chi connectivity index (χ2n) is 6.59. The molecule has 2 fully saturated rings. The number of ether oxygens (including phenoxy) is 2. The Labute approximate surface area is 154 Å². The second kappa shape index (κ2) is 8.89. The number of nitrogens with one attached hydrogen (secondary N) is 2. The minimum Gasteiger partial charge on any atom is -0.492 e. The minimum absolute atomic E-state index is 0.0979. The van der Waals surface area contributed by atoms with Gasteiger partial charge in [-0.3, -0.25) is 4.79 Å². The molecule has 2 saturated heterocycles. The zero-order chi connectivity index (χ0) is 18.4. The lowest BCUT2D eigenvalue weighted by Crippen LogP contribution is -2.48. The number of para-hydroxylation sites is 2. The Bertz CT molecular complexity index is 631. The van der Waals surface area contributed by atoms with Gasteiger partial charge >= 0.3 is 6.03 Å². The molecule has 0 radical (unpaired) electrons. The lowest BCUT2D eigenvalue weighted by atomic mass is 10.2. The fraction of sp³-hybridized carbons (Fsp3) is 0.579. The Kier molecular flexibility index (Phi) is 6.33. The van der Waals surface area contributed by atoms with E-state index in [0.717, 1.165) is 25.9 Å². The molecule has 3 rings (SSSR count). The van der Waals surface area contributed by atoms with Gasteiger partial charge in [-0.2, -0.15) is 0 Å². The second-order valence-corrected chi connectivity index (χ2v) is 6.59. The van der Waals surface area contributed by atoms with Gasteiger partial charge in [-0.15, -0.1) is 0 Å². The van der Waals surface area contributed by atoms with Gasteiger partial charge in [-0.1, -0.05) is 12.1 Å². The van der Waals surface area contributed by atoms with Crippen molar-refractivity contribution in [3.05, 3.63) is 24.3 Å². The van der Waals surface area contributed by atoms with Crippen molar-refractivity contribution >= 4 is 17.6 Å². The third-order valence-corrected chi connectivity index (χ3v) is 4.77. The van der Waals surface area contributed by atoms with Crippen LogP contribution in [-0.2, 0) is 9.53 Å². The molecule has 2 heterocycles. The predicted molar refractivity (Wildman–Crippen MR) is 98.3 cm³/mol. The average Bonchev–Trinajstić information content (AvgIpc) is 3.33. The average molecular weight is 361 g/mol. The molecule has 0 aromatic heterocycles. The number of hydrogen-bond acceptors (Lipinski definition) is 4. The first-order valence-corrected chi connectivity index (χ1v) is 9.37. The number of nitrogens with zero attached hydrogens (tertiary/aromatic N) is 1. The molecule has 3 amide bonds. The zero-order valence-corrected chi connectivity index (χ0v) is 15.2. The van der Waals surface area contributed by atoms with Crippen molar-refractivity contribution in [2.24, 2.45) is 0 Å². The van der Waals surface area contributed by atoms with Crippen LogP contribution >= 0.6 is 0 Å². The molecule has 7 heteroatoms. The summed E-state index contributed by atoms with van der Waals surface area (Å²) in [6.07, 6.45) is 3.61. The maximum atomic E-state index is 12.7. The molecule has 2 N–H and O–H groups in total. The topological polar surface area (TPSA) is 79.9 Å². The predicted octanol–water partition coefficient (Wildman–Crippen LogP) is 2.38. The first-order valence-electron chi connectivity index (χ1n) is 9.37. The van der Waals surface area contributed by atoms with Crippen molar-refractivity contribution in [2.75, 3.05) is 31.6 Å². The van der Waals surface area contributed by atoms with Crippen molar-refractivity contribution in [1.29, 1.82) is 0 Å². The van der Waals surface area contributed by atoms with Gasteiger partial charge < -0.3 is 25.0 Å². The van der Waals surface area contributed by atoms with Gasteiger partial charge in [0.1, 0.15) is 11.8 Å². The molecule has 1 aromatic rings. The van der Waals surface area contributed by atoms with Crippen LogP contribution in [0.1, 0.15) is 32.6 Å². The smallest absolute Gasteiger partial charge is 0.322 e. The summed E-state index contributed by atoms with van der Waals surface area (Å²) in [7, 11) is 0. The Morgan fingerprint density at radius 1 is 1.27 bits per heavy atom. The molecule has 2 aliphatic rings. The SMILES string of the molecule is CCOc1ccccc1NC(=O)N1CCC[C@@H]1C(=O)NC[C@@H]1CCCO1. The van der Waals surface area contributed by atoms with E-state index in [9.17, 15) is 9.59 Å². The first kappa shape index (κ1) is 18.5. The van der Waals surface area contributed by atoms with Crippen LogP contribution < -0.4 is 15.4 Å². The van der Waals surface area contributed by atoms with E-state index in [2.05, 4.69) is 10.6 Å². The van der Waals surface area contributed by atoms with E-state index in [4.69, 9.17) is 9.47 Å². The highest BCUT2D eigenvalue weighted by Crippen LogP contribution is 2.26. The fourth-order valence-corrected chi connectivity index (χ4v) is 3.46. The van der Waals surface area contributed by atoms with E-state index >= 15 is 0 Å². The molecular weight excluding hydrogens is 334 g/mol. The van der Waals surface area contributed by atoms with Crippen LogP contribution in [0.5, 0.6) is 5.75 Å². The summed E-state index contributed by atoms with van der Waals surface area (Å²) in [5.41, 5.74) is 0.616. The normalized spacial score (nSPS) is 22.3. The fourth-order valence-electron chi connectivity index (χ4n) is 3.46. The lowest BCUT2D eigenvalue weighted by molar-refractivity contribution is -0.125. The van der Waals surface area contributed by atoms with E-state index in [1.807, 2.05) is 25.1 Å². The van der Waals surface area contributed by atoms with Gasteiger partial charge in [-0.05, 0) is 44.7 Å². The molecule has 142 valence electrons. The molecule has 0 spiro atoms. The van der Waals surface area contributed by atoms with E-state index in [-0.39, 0.29) is 18.0 Å². The Hall–Kier alpha value is -2.28. The van der Waals surface area contributed by atoms with Gasteiger partial charge in [0.2, 0.25) is 5.91 Å². The molecule has 2 aliphatic heterocycles. The van der Waals surface area contributed by atoms with Crippen molar-refractivity contribution < 1.29 is 19.1 Å². The number of anilines is 1. The summed E-state index contributed by atoms with van der Waals surface area (Å²) < 4.78 is 11.1. The summed E-state index contributed by atoms with van der Waals surface area (Å²) in [4.78, 5) is 26.8. The molecule has 0 unspecified atom stereocenters. The molecule has 2 atom stereocenters. The first-order chi connectivity index (χ1) is 12.7. The number of carbonyl (C=O) groups excluding carboxylic acids is 2. The quantitative estimate of drug-likeness (QED) is 0.815. The third kappa shape index (κ3) is 4.46. The van der Waals surface area contributed by atoms with Crippen molar-refractivity contribution in [2.45, 2.75) is 44.8 Å². The highest BCUT2D eigenvalue weighted by Gasteiger charge is 2.34. The number of amides is 3. The number of urea groups is 1. The lowest BCUT2D eigenvalue weighted by Gasteiger charge is -2.25. The molecular formula is C19H27N3O4. The van der Waals surface area contributed by atoms with Crippen LogP contribution in [0.2, 0.25) is 0 Å². The standard InChI is InChI=1S/C19H27N3O4/c1-2-25-17-10-4-3-8-15(17)21-19(24)22-11-5-9-16(22)18(23)20-13-14-7-6-12-26-14/h3-4,8,10,14,16H,2,5-7,9,11-13H2,1H3,(H,20,23)(H,21,24)/t14-,16+/m0/s1. The highest BCUT2D eigenvalue weighted by molar-refractivity contribution is 5.95. The largest absolute Gasteiger partial charge is 0.492 e. The van der Waals surface area contributed by atoms with Crippen LogP contribution in [-0.4, -0.2) is 55.3 Å². The molecule has 0 saturated carbocycles. The highest BCUT2D eigenvalue weighted by atomic mass is 16.5. The van der Waals surface area contributed by atoms with Gasteiger partial charge in [0.15, 0.2) is 0 Å².